The second kappa shape index (κ2) is 13.2. The maximum Gasteiger partial charge on any atom is 0.165 e. The van der Waals surface area contributed by atoms with Gasteiger partial charge >= 0.3 is 0 Å². The first-order valence-corrected chi connectivity index (χ1v) is 16.2. The number of benzene rings is 2. The maximum absolute atomic E-state index is 14.2. The van der Waals surface area contributed by atoms with E-state index >= 15 is 0 Å². The van der Waals surface area contributed by atoms with Gasteiger partial charge in [-0.3, -0.25) is 9.59 Å². The third-order valence-corrected chi connectivity index (χ3v) is 9.37. The molecule has 0 radical (unpaired) electrons. The Kier molecular flexibility index (Phi) is 9.67. The average molecular weight is 632 g/mol. The van der Waals surface area contributed by atoms with Gasteiger partial charge in [-0.25, -0.2) is 0 Å². The summed E-state index contributed by atoms with van der Waals surface area (Å²) in [6.45, 7) is 14.3. The molecule has 6 nitrogen and oxygen atoms in total. The van der Waals surface area contributed by atoms with Crippen molar-refractivity contribution in [3.63, 3.8) is 0 Å². The number of carbonyl (C=O) groups is 2. The first-order valence-electron chi connectivity index (χ1n) is 15.9. The Morgan fingerprint density at radius 1 is 0.933 bits per heavy atom. The van der Waals surface area contributed by atoms with E-state index in [4.69, 9.17) is 25.8 Å². The minimum absolute atomic E-state index is 0.111. The molecule has 1 heterocycles. The van der Waals surface area contributed by atoms with Crippen molar-refractivity contribution in [2.24, 2.45) is 10.8 Å². The monoisotopic (exact) mass is 631 g/mol. The molecule has 45 heavy (non-hydrogen) atoms. The smallest absolute Gasteiger partial charge is 0.165 e. The van der Waals surface area contributed by atoms with E-state index in [0.29, 0.717) is 55.5 Å². The van der Waals surface area contributed by atoms with E-state index in [1.54, 1.807) is 14.2 Å². The van der Waals surface area contributed by atoms with E-state index < -0.39 is 5.92 Å². The molecule has 5 rings (SSSR count). The largest absolute Gasteiger partial charge is 0.493 e. The molecule has 2 aromatic carbocycles. The van der Waals surface area contributed by atoms with E-state index in [-0.39, 0.29) is 22.4 Å². The molecular formula is C38H46ClNO5. The first kappa shape index (κ1) is 33.0. The lowest BCUT2D eigenvalue weighted by atomic mass is 9.63. The minimum Gasteiger partial charge on any atom is -0.493 e. The predicted molar refractivity (Wildman–Crippen MR) is 179 cm³/mol. The van der Waals surface area contributed by atoms with Gasteiger partial charge in [0, 0.05) is 72.1 Å². The lowest BCUT2D eigenvalue weighted by Gasteiger charge is -2.49. The van der Waals surface area contributed by atoms with Gasteiger partial charge in [0.25, 0.3) is 0 Å². The van der Waals surface area contributed by atoms with Crippen molar-refractivity contribution < 1.29 is 23.8 Å². The molecular weight excluding hydrogens is 586 g/mol. The molecule has 0 spiro atoms. The van der Waals surface area contributed by atoms with E-state index in [1.165, 1.54) is 0 Å². The summed E-state index contributed by atoms with van der Waals surface area (Å²) in [7, 11) is 3.33. The summed E-state index contributed by atoms with van der Waals surface area (Å²) in [6.07, 6.45) is 5.59. The molecule has 0 N–H and O–H groups in total. The number of halogens is 1. The van der Waals surface area contributed by atoms with Crippen LogP contribution in [0.3, 0.4) is 0 Å². The van der Waals surface area contributed by atoms with Gasteiger partial charge in [-0.05, 0) is 65.8 Å². The van der Waals surface area contributed by atoms with E-state index in [1.807, 2.05) is 36.4 Å². The number of carbonyl (C=O) groups excluding carboxylic acids is 2. The van der Waals surface area contributed by atoms with Crippen molar-refractivity contribution in [1.82, 2.24) is 4.90 Å². The third kappa shape index (κ3) is 6.92. The van der Waals surface area contributed by atoms with Crippen LogP contribution in [0.15, 0.2) is 71.6 Å². The summed E-state index contributed by atoms with van der Waals surface area (Å²) in [5, 5.41) is 0.668. The maximum atomic E-state index is 14.2. The molecule has 0 unspecified atom stereocenters. The van der Waals surface area contributed by atoms with Crippen molar-refractivity contribution in [2.75, 3.05) is 27.4 Å². The number of allylic oxidation sites excluding steroid dienone is 5. The van der Waals surface area contributed by atoms with Gasteiger partial charge in [-0.15, -0.1) is 6.58 Å². The Labute approximate surface area is 273 Å². The molecule has 7 heteroatoms. The van der Waals surface area contributed by atoms with Gasteiger partial charge in [0.05, 0.1) is 7.11 Å². The van der Waals surface area contributed by atoms with Gasteiger partial charge in [-0.2, -0.15) is 0 Å². The molecule has 3 aliphatic rings. The highest BCUT2D eigenvalue weighted by Crippen LogP contribution is 2.55. The number of ketones is 2. The van der Waals surface area contributed by atoms with Gasteiger partial charge < -0.3 is 19.1 Å². The standard InChI is InChI=1S/C38H46ClNO5/c1-8-10-25-17-26(18-32(44-7)36(25)45-23-24-11-13-27(39)14-12-24)33-34-28(19-37(2,3)21-30(34)41)40(15-9-16-43-6)29-20-38(4,5)22-31(42)35(29)33/h8,11-14,17-18,33H,1,9-10,15-16,19-23H2,2-7H3. The molecule has 240 valence electrons. The number of ether oxygens (including phenoxy) is 3. The van der Waals surface area contributed by atoms with Crippen LogP contribution in [-0.4, -0.2) is 43.8 Å². The molecule has 0 fully saturated rings. The summed E-state index contributed by atoms with van der Waals surface area (Å²) in [5.74, 6) is 0.948. The van der Waals surface area contributed by atoms with Crippen molar-refractivity contribution in [2.45, 2.75) is 78.7 Å². The fourth-order valence-corrected chi connectivity index (χ4v) is 7.35. The second-order valence-electron chi connectivity index (χ2n) is 14.2. The molecule has 2 aliphatic carbocycles. The summed E-state index contributed by atoms with van der Waals surface area (Å²) in [4.78, 5) is 30.7. The number of nitrogens with zero attached hydrogens (tertiary/aromatic N) is 1. The normalized spacial score (nSPS) is 19.4. The fraction of sp³-hybridized carbons (Fsp3) is 0.474. The topological polar surface area (TPSA) is 65.1 Å². The molecule has 0 saturated carbocycles. The Bertz CT molecular complexity index is 1490. The molecule has 0 atom stereocenters. The molecule has 1 aliphatic heterocycles. The average Bonchev–Trinajstić information content (AvgIpc) is 2.96. The van der Waals surface area contributed by atoms with Gasteiger partial charge in [0.2, 0.25) is 0 Å². The summed E-state index contributed by atoms with van der Waals surface area (Å²) in [5.41, 5.74) is 5.98. The first-order chi connectivity index (χ1) is 21.4. The Morgan fingerprint density at radius 2 is 1.53 bits per heavy atom. The molecule has 0 aromatic heterocycles. The van der Waals surface area contributed by atoms with E-state index in [2.05, 4.69) is 45.2 Å². The highest BCUT2D eigenvalue weighted by Gasteiger charge is 2.49. The van der Waals surface area contributed by atoms with E-state index in [0.717, 1.165) is 58.5 Å². The van der Waals surface area contributed by atoms with E-state index in [9.17, 15) is 9.59 Å². The lowest BCUT2D eigenvalue weighted by Crippen LogP contribution is -2.44. The SMILES string of the molecule is C=CCc1cc(C2C3=C(CC(C)(C)CC3=O)N(CCCOC)C3=C2C(=O)CC(C)(C)C3)cc(OC)c1OCc1ccc(Cl)cc1. The minimum atomic E-state index is -0.469. The van der Waals surface area contributed by atoms with Crippen LogP contribution < -0.4 is 9.47 Å². The number of methoxy groups -OCH3 is 2. The zero-order chi connectivity index (χ0) is 32.5. The number of Topliss-reactive ketones (excluding diaryl/α,β-unsaturated/α-hetero) is 2. The quantitative estimate of drug-likeness (QED) is 0.183. The van der Waals surface area contributed by atoms with Crippen molar-refractivity contribution in [3.05, 3.63) is 93.3 Å². The number of rotatable bonds is 11. The fourth-order valence-electron chi connectivity index (χ4n) is 7.23. The summed E-state index contributed by atoms with van der Waals surface area (Å²) >= 11 is 6.09. The predicted octanol–water partition coefficient (Wildman–Crippen LogP) is 8.38. The second-order valence-corrected chi connectivity index (χ2v) is 14.6. The Hall–Kier alpha value is -3.35. The van der Waals surface area contributed by atoms with Crippen molar-refractivity contribution in [1.29, 1.82) is 0 Å². The Balaban J connectivity index is 1.68. The van der Waals surface area contributed by atoms with Gasteiger partial charge in [0.15, 0.2) is 23.1 Å². The molecule has 0 saturated heterocycles. The molecule has 0 bridgehead atoms. The van der Waals surface area contributed by atoms with Crippen LogP contribution in [0, 0.1) is 10.8 Å². The van der Waals surface area contributed by atoms with Crippen molar-refractivity contribution >= 4 is 23.2 Å². The number of hydrogen-bond acceptors (Lipinski definition) is 6. The molecule has 0 amide bonds. The van der Waals surface area contributed by atoms with Crippen LogP contribution in [0.2, 0.25) is 5.02 Å². The highest BCUT2D eigenvalue weighted by atomic mass is 35.5. The van der Waals surface area contributed by atoms with Crippen LogP contribution in [0.5, 0.6) is 11.5 Å². The summed E-state index contributed by atoms with van der Waals surface area (Å²) < 4.78 is 17.7. The Morgan fingerprint density at radius 3 is 2.07 bits per heavy atom. The number of hydrogen-bond donors (Lipinski definition) is 0. The zero-order valence-electron chi connectivity index (χ0n) is 27.6. The third-order valence-electron chi connectivity index (χ3n) is 9.12. The van der Waals surface area contributed by atoms with Crippen LogP contribution in [-0.2, 0) is 27.4 Å². The lowest BCUT2D eigenvalue weighted by molar-refractivity contribution is -0.119. The van der Waals surface area contributed by atoms with Crippen LogP contribution >= 0.6 is 11.6 Å². The van der Waals surface area contributed by atoms with Crippen LogP contribution in [0.4, 0.5) is 0 Å². The summed E-state index contributed by atoms with van der Waals surface area (Å²) in [6, 6.07) is 11.6. The van der Waals surface area contributed by atoms with Crippen LogP contribution in [0.1, 0.15) is 82.4 Å². The van der Waals surface area contributed by atoms with Crippen molar-refractivity contribution in [3.8, 4) is 11.5 Å². The molecule has 2 aromatic rings. The van der Waals surface area contributed by atoms with Gasteiger partial charge in [0.1, 0.15) is 6.61 Å². The van der Waals surface area contributed by atoms with Gasteiger partial charge in [-0.1, -0.05) is 63.6 Å². The van der Waals surface area contributed by atoms with Crippen LogP contribution in [0.25, 0.3) is 0 Å². The zero-order valence-corrected chi connectivity index (χ0v) is 28.3. The highest BCUT2D eigenvalue weighted by molar-refractivity contribution is 6.30.